The maximum atomic E-state index is 12.4. The molecule has 0 radical (unpaired) electrons. The predicted molar refractivity (Wildman–Crippen MR) is 81.3 cm³/mol. The molecule has 0 amide bonds. The molecule has 112 valence electrons. The van der Waals surface area contributed by atoms with Gasteiger partial charge in [-0.3, -0.25) is 0 Å². The van der Waals surface area contributed by atoms with Gasteiger partial charge in [-0.05, 0) is 62.4 Å². The van der Waals surface area contributed by atoms with Crippen molar-refractivity contribution in [3.8, 4) is 0 Å². The average Bonchev–Trinajstić information content (AvgIpc) is 3.16. The first-order valence-corrected chi connectivity index (χ1v) is 8.75. The van der Waals surface area contributed by atoms with E-state index in [2.05, 4.69) is 23.0 Å². The molecule has 0 atom stereocenters. The number of nitrogens with one attached hydrogen (secondary N) is 2. The second-order valence-corrected chi connectivity index (χ2v) is 7.29. The highest BCUT2D eigenvalue weighted by Crippen LogP contribution is 2.25. The van der Waals surface area contributed by atoms with Crippen LogP contribution in [0, 0.1) is 13.8 Å². The first-order chi connectivity index (χ1) is 9.44. The van der Waals surface area contributed by atoms with Crippen LogP contribution in [0.15, 0.2) is 17.0 Å². The van der Waals surface area contributed by atoms with Crippen LogP contribution in [0.4, 0.5) is 0 Å². The third-order valence-electron chi connectivity index (χ3n) is 3.62. The van der Waals surface area contributed by atoms with Crippen LogP contribution < -0.4 is 10.0 Å². The lowest BCUT2D eigenvalue weighted by Gasteiger charge is -2.14. The third-order valence-corrected chi connectivity index (χ3v) is 5.27. The van der Waals surface area contributed by atoms with Crippen LogP contribution >= 0.6 is 0 Å². The van der Waals surface area contributed by atoms with Gasteiger partial charge in [0.1, 0.15) is 0 Å². The number of hydrogen-bond acceptors (Lipinski definition) is 3. The molecule has 5 heteroatoms. The second kappa shape index (κ2) is 6.24. The zero-order chi connectivity index (χ0) is 14.8. The highest BCUT2D eigenvalue weighted by Gasteiger charge is 2.29. The Morgan fingerprint density at radius 3 is 2.55 bits per heavy atom. The monoisotopic (exact) mass is 296 g/mol. The molecular formula is C15H24N2O2S. The van der Waals surface area contributed by atoms with Crippen molar-refractivity contribution in [2.75, 3.05) is 6.54 Å². The van der Waals surface area contributed by atoms with E-state index in [4.69, 9.17) is 0 Å². The summed E-state index contributed by atoms with van der Waals surface area (Å²) in [5.74, 6) is 0. The fraction of sp³-hybridized carbons (Fsp3) is 0.600. The van der Waals surface area contributed by atoms with E-state index in [1.165, 1.54) is 0 Å². The molecule has 0 saturated heterocycles. The number of hydrogen-bond donors (Lipinski definition) is 2. The fourth-order valence-corrected chi connectivity index (χ4v) is 3.85. The maximum absolute atomic E-state index is 12.4. The summed E-state index contributed by atoms with van der Waals surface area (Å²) in [6.45, 7) is 7.61. The molecule has 2 rings (SSSR count). The fourth-order valence-electron chi connectivity index (χ4n) is 2.17. The molecule has 1 aromatic rings. The van der Waals surface area contributed by atoms with Crippen LogP contribution in [0.5, 0.6) is 0 Å². The van der Waals surface area contributed by atoms with E-state index in [1.807, 2.05) is 13.8 Å². The Bertz CT molecular complexity index is 578. The lowest BCUT2D eigenvalue weighted by Crippen LogP contribution is -2.27. The largest absolute Gasteiger partial charge is 0.313 e. The quantitative estimate of drug-likeness (QED) is 0.759. The van der Waals surface area contributed by atoms with Crippen molar-refractivity contribution in [1.82, 2.24) is 10.0 Å². The van der Waals surface area contributed by atoms with Gasteiger partial charge < -0.3 is 5.32 Å². The molecule has 1 fully saturated rings. The van der Waals surface area contributed by atoms with E-state index in [1.54, 1.807) is 6.07 Å². The smallest absolute Gasteiger partial charge is 0.241 e. The average molecular weight is 296 g/mol. The van der Waals surface area contributed by atoms with Crippen molar-refractivity contribution in [3.63, 3.8) is 0 Å². The molecule has 0 bridgehead atoms. The molecule has 0 spiro atoms. The van der Waals surface area contributed by atoms with Gasteiger partial charge in [0.05, 0.1) is 4.90 Å². The van der Waals surface area contributed by atoms with Gasteiger partial charge in [-0.2, -0.15) is 0 Å². The standard InChI is InChI=1S/C15H24N2O2S/c1-4-7-16-10-13-8-11(2)12(3)15(9-13)20(18,19)17-14-5-6-14/h8-9,14,16-17H,4-7,10H2,1-3H3. The zero-order valence-corrected chi connectivity index (χ0v) is 13.3. The minimum Gasteiger partial charge on any atom is -0.313 e. The second-order valence-electron chi connectivity index (χ2n) is 5.61. The highest BCUT2D eigenvalue weighted by atomic mass is 32.2. The van der Waals surface area contributed by atoms with E-state index in [0.717, 1.165) is 42.5 Å². The van der Waals surface area contributed by atoms with Crippen molar-refractivity contribution < 1.29 is 8.42 Å². The van der Waals surface area contributed by atoms with Gasteiger partial charge in [0.15, 0.2) is 0 Å². The van der Waals surface area contributed by atoms with Crippen molar-refractivity contribution in [2.45, 2.75) is 57.5 Å². The van der Waals surface area contributed by atoms with Crippen molar-refractivity contribution in [3.05, 3.63) is 28.8 Å². The topological polar surface area (TPSA) is 58.2 Å². The van der Waals surface area contributed by atoms with Crippen LogP contribution in [0.3, 0.4) is 0 Å². The molecule has 20 heavy (non-hydrogen) atoms. The molecule has 0 unspecified atom stereocenters. The molecule has 4 nitrogen and oxygen atoms in total. The van der Waals surface area contributed by atoms with Crippen LogP contribution in [-0.4, -0.2) is 21.0 Å². The molecule has 1 aliphatic carbocycles. The van der Waals surface area contributed by atoms with E-state index >= 15 is 0 Å². The van der Waals surface area contributed by atoms with Gasteiger partial charge in [-0.25, -0.2) is 13.1 Å². The van der Waals surface area contributed by atoms with Crippen molar-refractivity contribution in [1.29, 1.82) is 0 Å². The number of rotatable bonds is 7. The van der Waals surface area contributed by atoms with Crippen LogP contribution in [0.1, 0.15) is 42.9 Å². The van der Waals surface area contributed by atoms with Gasteiger partial charge in [-0.1, -0.05) is 13.0 Å². The maximum Gasteiger partial charge on any atom is 0.241 e. The first kappa shape index (κ1) is 15.5. The van der Waals surface area contributed by atoms with E-state index < -0.39 is 10.0 Å². The van der Waals surface area contributed by atoms with E-state index in [0.29, 0.717) is 11.4 Å². The molecule has 1 aliphatic rings. The number of sulfonamides is 1. The lowest BCUT2D eigenvalue weighted by atomic mass is 10.1. The van der Waals surface area contributed by atoms with Gasteiger partial charge in [0, 0.05) is 12.6 Å². The minimum atomic E-state index is -3.38. The summed E-state index contributed by atoms with van der Waals surface area (Å²) in [6.07, 6.45) is 2.98. The van der Waals surface area contributed by atoms with Crippen LogP contribution in [0.25, 0.3) is 0 Å². The summed E-state index contributed by atoms with van der Waals surface area (Å²) in [5, 5.41) is 3.31. The van der Waals surface area contributed by atoms with Crippen LogP contribution in [-0.2, 0) is 16.6 Å². The van der Waals surface area contributed by atoms with Gasteiger partial charge in [0.2, 0.25) is 10.0 Å². The number of aryl methyl sites for hydroxylation is 1. The number of benzene rings is 1. The van der Waals surface area contributed by atoms with Crippen molar-refractivity contribution >= 4 is 10.0 Å². The molecule has 0 aromatic heterocycles. The van der Waals surface area contributed by atoms with E-state index in [-0.39, 0.29) is 6.04 Å². The Morgan fingerprint density at radius 1 is 1.25 bits per heavy atom. The Kier molecular flexibility index (Phi) is 4.83. The molecule has 1 saturated carbocycles. The third kappa shape index (κ3) is 3.81. The Morgan fingerprint density at radius 2 is 1.95 bits per heavy atom. The summed E-state index contributed by atoms with van der Waals surface area (Å²) in [5.41, 5.74) is 2.90. The molecule has 1 aromatic carbocycles. The summed E-state index contributed by atoms with van der Waals surface area (Å²) in [4.78, 5) is 0.428. The Hall–Kier alpha value is -0.910. The normalized spacial score (nSPS) is 15.6. The molecule has 2 N–H and O–H groups in total. The van der Waals surface area contributed by atoms with Gasteiger partial charge >= 0.3 is 0 Å². The van der Waals surface area contributed by atoms with E-state index in [9.17, 15) is 8.42 Å². The predicted octanol–water partition coefficient (Wildman–Crippen LogP) is 2.24. The minimum absolute atomic E-state index is 0.140. The summed E-state index contributed by atoms with van der Waals surface area (Å²) < 4.78 is 27.6. The lowest BCUT2D eigenvalue weighted by molar-refractivity contribution is 0.580. The van der Waals surface area contributed by atoms with Crippen LogP contribution in [0.2, 0.25) is 0 Å². The summed E-state index contributed by atoms with van der Waals surface area (Å²) in [7, 11) is -3.38. The summed E-state index contributed by atoms with van der Waals surface area (Å²) >= 11 is 0. The Balaban J connectivity index is 2.26. The van der Waals surface area contributed by atoms with Crippen molar-refractivity contribution in [2.24, 2.45) is 0 Å². The van der Waals surface area contributed by atoms with Gasteiger partial charge in [0.25, 0.3) is 0 Å². The molecule has 0 aliphatic heterocycles. The first-order valence-electron chi connectivity index (χ1n) is 7.27. The Labute approximate surface area is 122 Å². The SMILES string of the molecule is CCCNCc1cc(C)c(C)c(S(=O)(=O)NC2CC2)c1. The summed E-state index contributed by atoms with van der Waals surface area (Å²) in [6, 6.07) is 4.01. The molecular weight excluding hydrogens is 272 g/mol. The van der Waals surface area contributed by atoms with Gasteiger partial charge in [-0.15, -0.1) is 0 Å². The zero-order valence-electron chi connectivity index (χ0n) is 12.5. The highest BCUT2D eigenvalue weighted by molar-refractivity contribution is 7.89. The molecule has 0 heterocycles.